The zero-order valence-electron chi connectivity index (χ0n) is 11.3. The van der Waals surface area contributed by atoms with E-state index in [0.29, 0.717) is 19.6 Å². The Morgan fingerprint density at radius 3 is 2.56 bits per heavy atom. The monoisotopic (exact) mass is 257 g/mol. The number of amidine groups is 1. The van der Waals surface area contributed by atoms with E-state index in [0.717, 1.165) is 12.8 Å². The molecule has 0 saturated carbocycles. The first kappa shape index (κ1) is 14.8. The maximum Gasteiger partial charge on any atom is 0.236 e. The van der Waals surface area contributed by atoms with Crippen LogP contribution < -0.4 is 5.73 Å². The summed E-state index contributed by atoms with van der Waals surface area (Å²) in [6.07, 6.45) is 2.16. The Morgan fingerprint density at radius 2 is 2.11 bits per heavy atom. The van der Waals surface area contributed by atoms with Gasteiger partial charge in [0.25, 0.3) is 0 Å². The smallest absolute Gasteiger partial charge is 0.236 e. The molecule has 1 unspecified atom stereocenters. The number of ether oxygens (including phenoxy) is 1. The number of rotatable bonds is 4. The molecular formula is C12H23N3O3. The minimum absolute atomic E-state index is 0.0334. The van der Waals surface area contributed by atoms with E-state index in [1.165, 1.54) is 0 Å². The largest absolute Gasteiger partial charge is 0.409 e. The molecule has 1 fully saturated rings. The number of amides is 1. The lowest BCUT2D eigenvalue weighted by atomic mass is 9.84. The molecule has 0 radical (unpaired) electrons. The van der Waals surface area contributed by atoms with Crippen LogP contribution >= 0.6 is 0 Å². The number of nitrogens with zero attached hydrogens (tertiary/aromatic N) is 2. The third kappa shape index (κ3) is 2.75. The number of hydrogen-bond acceptors (Lipinski definition) is 4. The molecule has 0 spiro atoms. The van der Waals surface area contributed by atoms with Crippen molar-refractivity contribution < 1.29 is 14.7 Å². The fourth-order valence-electron chi connectivity index (χ4n) is 2.18. The molecule has 6 nitrogen and oxygen atoms in total. The summed E-state index contributed by atoms with van der Waals surface area (Å²) in [5, 5.41) is 11.8. The first-order valence-electron chi connectivity index (χ1n) is 6.30. The molecule has 1 aliphatic rings. The molecule has 1 amide bonds. The Hall–Kier alpha value is -1.30. The minimum atomic E-state index is -0.943. The van der Waals surface area contributed by atoms with Gasteiger partial charge in [-0.3, -0.25) is 4.79 Å². The molecule has 0 aromatic heterocycles. The summed E-state index contributed by atoms with van der Waals surface area (Å²) >= 11 is 0. The van der Waals surface area contributed by atoms with Crippen LogP contribution in [-0.4, -0.2) is 48.2 Å². The summed E-state index contributed by atoms with van der Waals surface area (Å²) in [6.45, 7) is 4.91. The molecule has 0 bridgehead atoms. The van der Waals surface area contributed by atoms with Crippen molar-refractivity contribution in [2.24, 2.45) is 16.3 Å². The number of hydrogen-bond donors (Lipinski definition) is 2. The van der Waals surface area contributed by atoms with Crippen LogP contribution in [0.15, 0.2) is 5.16 Å². The van der Waals surface area contributed by atoms with E-state index in [-0.39, 0.29) is 17.8 Å². The van der Waals surface area contributed by atoms with Crippen LogP contribution in [0.2, 0.25) is 0 Å². The summed E-state index contributed by atoms with van der Waals surface area (Å²) in [6, 6.07) is 0.170. The van der Waals surface area contributed by atoms with Gasteiger partial charge >= 0.3 is 0 Å². The molecule has 0 aromatic carbocycles. The summed E-state index contributed by atoms with van der Waals surface area (Å²) in [7, 11) is 1.77. The maximum atomic E-state index is 12.5. The van der Waals surface area contributed by atoms with Crippen molar-refractivity contribution in [2.75, 3.05) is 20.3 Å². The van der Waals surface area contributed by atoms with Crippen LogP contribution in [0.4, 0.5) is 0 Å². The Kier molecular flexibility index (Phi) is 4.95. The van der Waals surface area contributed by atoms with Gasteiger partial charge in [0.2, 0.25) is 5.91 Å². The van der Waals surface area contributed by atoms with Crippen LogP contribution in [0.25, 0.3) is 0 Å². The van der Waals surface area contributed by atoms with Crippen molar-refractivity contribution in [2.45, 2.75) is 39.2 Å². The van der Waals surface area contributed by atoms with Crippen LogP contribution in [0, 0.1) is 5.41 Å². The Balaban J connectivity index is 2.83. The highest BCUT2D eigenvalue weighted by Gasteiger charge is 2.40. The minimum Gasteiger partial charge on any atom is -0.409 e. The zero-order chi connectivity index (χ0) is 13.8. The Bertz CT molecular complexity index is 327. The van der Waals surface area contributed by atoms with Gasteiger partial charge in [0.1, 0.15) is 5.41 Å². The van der Waals surface area contributed by atoms with Crippen molar-refractivity contribution in [3.8, 4) is 0 Å². The summed E-state index contributed by atoms with van der Waals surface area (Å²) in [4.78, 5) is 14.2. The summed E-state index contributed by atoms with van der Waals surface area (Å²) in [5.74, 6) is -0.138. The molecule has 1 heterocycles. The lowest BCUT2D eigenvalue weighted by Gasteiger charge is -2.37. The number of carbonyl (C=O) groups excluding carboxylic acids is 1. The second-order valence-electron chi connectivity index (χ2n) is 4.93. The fraction of sp³-hybridized carbons (Fsp3) is 0.833. The third-order valence-corrected chi connectivity index (χ3v) is 3.91. The quantitative estimate of drug-likeness (QED) is 0.337. The van der Waals surface area contributed by atoms with Crippen molar-refractivity contribution in [1.29, 1.82) is 0 Å². The SMILES string of the molecule is CCC(C)(C(=O)N(C)C1CCOCC1)C(N)=NO. The van der Waals surface area contributed by atoms with Gasteiger partial charge < -0.3 is 20.6 Å². The Morgan fingerprint density at radius 1 is 1.56 bits per heavy atom. The van der Waals surface area contributed by atoms with Crippen LogP contribution in [0.5, 0.6) is 0 Å². The molecule has 3 N–H and O–H groups in total. The summed E-state index contributed by atoms with van der Waals surface area (Å²) in [5.41, 5.74) is 4.72. The molecule has 18 heavy (non-hydrogen) atoms. The fourth-order valence-corrected chi connectivity index (χ4v) is 2.18. The summed E-state index contributed by atoms with van der Waals surface area (Å²) < 4.78 is 5.28. The van der Waals surface area contributed by atoms with Crippen molar-refractivity contribution in [3.63, 3.8) is 0 Å². The zero-order valence-corrected chi connectivity index (χ0v) is 11.3. The molecule has 1 aliphatic heterocycles. The van der Waals surface area contributed by atoms with Crippen LogP contribution in [0.1, 0.15) is 33.1 Å². The van der Waals surface area contributed by atoms with E-state index >= 15 is 0 Å². The van der Waals surface area contributed by atoms with E-state index in [1.54, 1.807) is 18.9 Å². The van der Waals surface area contributed by atoms with Crippen molar-refractivity contribution >= 4 is 11.7 Å². The molecule has 1 rings (SSSR count). The highest BCUT2D eigenvalue weighted by atomic mass is 16.5. The first-order chi connectivity index (χ1) is 8.47. The van der Waals surface area contributed by atoms with E-state index in [4.69, 9.17) is 15.7 Å². The van der Waals surface area contributed by atoms with Crippen molar-refractivity contribution in [1.82, 2.24) is 4.90 Å². The normalized spacial score (nSPS) is 21.4. The van der Waals surface area contributed by atoms with E-state index in [2.05, 4.69) is 5.16 Å². The van der Waals surface area contributed by atoms with E-state index in [1.807, 2.05) is 6.92 Å². The third-order valence-electron chi connectivity index (χ3n) is 3.91. The van der Waals surface area contributed by atoms with Gasteiger partial charge in [0, 0.05) is 26.3 Å². The van der Waals surface area contributed by atoms with Crippen LogP contribution in [-0.2, 0) is 9.53 Å². The number of nitrogens with two attached hydrogens (primary N) is 1. The standard InChI is InChI=1S/C12H23N3O3/c1-4-12(2,10(13)14-17)11(16)15(3)9-5-7-18-8-6-9/h9,17H,4-8H2,1-3H3,(H2,13,14). The average molecular weight is 257 g/mol. The predicted molar refractivity (Wildman–Crippen MR) is 68.4 cm³/mol. The topological polar surface area (TPSA) is 88.2 Å². The maximum absolute atomic E-state index is 12.5. The van der Waals surface area contributed by atoms with Gasteiger partial charge in [0.05, 0.1) is 0 Å². The highest BCUT2D eigenvalue weighted by molar-refractivity contribution is 6.06. The first-order valence-corrected chi connectivity index (χ1v) is 6.30. The van der Waals surface area contributed by atoms with Gasteiger partial charge in [-0.1, -0.05) is 12.1 Å². The lowest BCUT2D eigenvalue weighted by molar-refractivity contribution is -0.140. The lowest BCUT2D eigenvalue weighted by Crippen LogP contribution is -2.52. The molecular weight excluding hydrogens is 234 g/mol. The molecule has 104 valence electrons. The van der Waals surface area contributed by atoms with Gasteiger partial charge in [-0.05, 0) is 26.2 Å². The number of oxime groups is 1. The van der Waals surface area contributed by atoms with Crippen LogP contribution in [0.3, 0.4) is 0 Å². The van der Waals surface area contributed by atoms with E-state index in [9.17, 15) is 4.79 Å². The Labute approximate surface area is 108 Å². The van der Waals surface area contributed by atoms with E-state index < -0.39 is 5.41 Å². The predicted octanol–water partition coefficient (Wildman–Crippen LogP) is 0.787. The molecule has 1 atom stereocenters. The molecule has 1 saturated heterocycles. The number of carbonyl (C=O) groups is 1. The second-order valence-corrected chi connectivity index (χ2v) is 4.93. The van der Waals surface area contributed by atoms with Gasteiger partial charge in [0.15, 0.2) is 5.84 Å². The average Bonchev–Trinajstić information content (AvgIpc) is 2.44. The molecule has 0 aliphatic carbocycles. The van der Waals surface area contributed by atoms with Crippen molar-refractivity contribution in [3.05, 3.63) is 0 Å². The molecule has 0 aromatic rings. The van der Waals surface area contributed by atoms with Gasteiger partial charge in [-0.25, -0.2) is 0 Å². The van der Waals surface area contributed by atoms with Gasteiger partial charge in [-0.2, -0.15) is 0 Å². The van der Waals surface area contributed by atoms with Gasteiger partial charge in [-0.15, -0.1) is 0 Å². The molecule has 6 heteroatoms. The highest BCUT2D eigenvalue weighted by Crippen LogP contribution is 2.26. The second kappa shape index (κ2) is 6.04.